The summed E-state index contributed by atoms with van der Waals surface area (Å²) in [6.45, 7) is 4.16. The highest BCUT2D eigenvalue weighted by molar-refractivity contribution is 5.70. The maximum Gasteiger partial charge on any atom is 0.163 e. The van der Waals surface area contributed by atoms with Gasteiger partial charge in [-0.15, -0.1) is 0 Å². The molecule has 0 saturated heterocycles. The number of hydrogen-bond donors (Lipinski definition) is 0. The van der Waals surface area contributed by atoms with Crippen molar-refractivity contribution in [3.05, 3.63) is 71.4 Å². The fourth-order valence-electron chi connectivity index (χ4n) is 2.60. The molecule has 0 aliphatic carbocycles. The average molecular weight is 273 g/mol. The van der Waals surface area contributed by atoms with Crippen molar-refractivity contribution in [3.63, 3.8) is 0 Å². The molecule has 0 N–H and O–H groups in total. The van der Waals surface area contributed by atoms with E-state index in [0.29, 0.717) is 5.69 Å². The molecular formula is C18H15N3. The van der Waals surface area contributed by atoms with Crippen molar-refractivity contribution >= 4 is 0 Å². The largest absolute Gasteiger partial charge is 0.232 e. The van der Waals surface area contributed by atoms with Gasteiger partial charge in [0, 0.05) is 11.6 Å². The van der Waals surface area contributed by atoms with Gasteiger partial charge in [0.25, 0.3) is 0 Å². The number of nitrogens with zero attached hydrogens (tertiary/aromatic N) is 3. The Hall–Kier alpha value is -2.86. The highest BCUT2D eigenvalue weighted by Gasteiger charge is 2.14. The Morgan fingerprint density at radius 3 is 2.24 bits per heavy atom. The van der Waals surface area contributed by atoms with Gasteiger partial charge in [0.05, 0.1) is 11.4 Å². The molecule has 0 aliphatic heterocycles. The lowest BCUT2D eigenvalue weighted by atomic mass is 9.99. The molecule has 3 nitrogen and oxygen atoms in total. The molecule has 0 radical (unpaired) electrons. The number of aromatic nitrogens is 2. The van der Waals surface area contributed by atoms with Crippen molar-refractivity contribution in [2.24, 2.45) is 0 Å². The Kier molecular flexibility index (Phi) is 3.29. The first kappa shape index (κ1) is 13.1. The third-order valence-electron chi connectivity index (χ3n) is 3.56. The van der Waals surface area contributed by atoms with E-state index in [2.05, 4.69) is 37.1 Å². The SMILES string of the molecule is Cc1cccc(C)c1-c1cc(C#N)nn1-c1ccccc1. The van der Waals surface area contributed by atoms with E-state index in [1.807, 2.05) is 47.1 Å². The van der Waals surface area contributed by atoms with Gasteiger partial charge in [-0.05, 0) is 37.1 Å². The molecule has 3 rings (SSSR count). The van der Waals surface area contributed by atoms with E-state index in [1.54, 1.807) is 0 Å². The van der Waals surface area contributed by atoms with Crippen LogP contribution in [0.3, 0.4) is 0 Å². The summed E-state index contributed by atoms with van der Waals surface area (Å²) in [5, 5.41) is 13.6. The van der Waals surface area contributed by atoms with Gasteiger partial charge in [-0.1, -0.05) is 36.4 Å². The summed E-state index contributed by atoms with van der Waals surface area (Å²) >= 11 is 0. The minimum absolute atomic E-state index is 0.427. The molecule has 0 spiro atoms. The van der Waals surface area contributed by atoms with Gasteiger partial charge in [0.1, 0.15) is 6.07 Å². The highest BCUT2D eigenvalue weighted by atomic mass is 15.3. The number of nitriles is 1. The molecule has 21 heavy (non-hydrogen) atoms. The molecule has 102 valence electrons. The Bertz CT molecular complexity index is 803. The number of hydrogen-bond acceptors (Lipinski definition) is 2. The van der Waals surface area contributed by atoms with Gasteiger partial charge in [0.2, 0.25) is 0 Å². The maximum absolute atomic E-state index is 9.18. The molecule has 2 aromatic carbocycles. The molecular weight excluding hydrogens is 258 g/mol. The first-order valence-electron chi connectivity index (χ1n) is 6.83. The standard InChI is InChI=1S/C18H15N3/c1-13-7-6-8-14(2)18(13)17-11-15(12-19)20-21(17)16-9-4-3-5-10-16/h3-11H,1-2H3. The highest BCUT2D eigenvalue weighted by Crippen LogP contribution is 2.29. The molecule has 0 aliphatic rings. The minimum atomic E-state index is 0.427. The summed E-state index contributed by atoms with van der Waals surface area (Å²) < 4.78 is 1.84. The van der Waals surface area contributed by atoms with Gasteiger partial charge >= 0.3 is 0 Å². The monoisotopic (exact) mass is 273 g/mol. The van der Waals surface area contributed by atoms with Crippen LogP contribution >= 0.6 is 0 Å². The number of benzene rings is 2. The summed E-state index contributed by atoms with van der Waals surface area (Å²) in [6.07, 6.45) is 0. The second-order valence-corrected chi connectivity index (χ2v) is 5.04. The molecule has 3 aromatic rings. The fourth-order valence-corrected chi connectivity index (χ4v) is 2.60. The van der Waals surface area contributed by atoms with E-state index in [1.165, 1.54) is 11.1 Å². The van der Waals surface area contributed by atoms with Crippen molar-refractivity contribution in [1.29, 1.82) is 5.26 Å². The van der Waals surface area contributed by atoms with Gasteiger partial charge in [-0.3, -0.25) is 0 Å². The summed E-state index contributed by atoms with van der Waals surface area (Å²) in [6, 6.07) is 20.1. The second kappa shape index (κ2) is 5.26. The van der Waals surface area contributed by atoms with Crippen molar-refractivity contribution in [3.8, 4) is 23.0 Å². The van der Waals surface area contributed by atoms with Gasteiger partial charge in [-0.2, -0.15) is 10.4 Å². The fraction of sp³-hybridized carbons (Fsp3) is 0.111. The van der Waals surface area contributed by atoms with E-state index in [4.69, 9.17) is 0 Å². The minimum Gasteiger partial charge on any atom is -0.232 e. The first-order chi connectivity index (χ1) is 10.2. The van der Waals surface area contributed by atoms with Gasteiger partial charge in [-0.25, -0.2) is 4.68 Å². The third kappa shape index (κ3) is 2.32. The molecule has 0 bridgehead atoms. The van der Waals surface area contributed by atoms with Crippen molar-refractivity contribution in [1.82, 2.24) is 9.78 Å². The van der Waals surface area contributed by atoms with E-state index >= 15 is 0 Å². The van der Waals surface area contributed by atoms with E-state index in [0.717, 1.165) is 16.9 Å². The van der Waals surface area contributed by atoms with Gasteiger partial charge in [0.15, 0.2) is 5.69 Å². The van der Waals surface area contributed by atoms with Crippen LogP contribution in [-0.4, -0.2) is 9.78 Å². The summed E-state index contributed by atoms with van der Waals surface area (Å²) in [5.41, 5.74) is 5.82. The molecule has 0 unspecified atom stereocenters. The quantitative estimate of drug-likeness (QED) is 0.707. The van der Waals surface area contributed by atoms with Crippen LogP contribution in [0.1, 0.15) is 16.8 Å². The topological polar surface area (TPSA) is 41.6 Å². The predicted octanol–water partition coefficient (Wildman–Crippen LogP) is 4.03. The number of para-hydroxylation sites is 1. The molecule has 0 saturated carbocycles. The lowest BCUT2D eigenvalue weighted by molar-refractivity contribution is 0.879. The third-order valence-corrected chi connectivity index (χ3v) is 3.56. The Balaban J connectivity index is 2.29. The van der Waals surface area contributed by atoms with Crippen molar-refractivity contribution < 1.29 is 0 Å². The van der Waals surface area contributed by atoms with Crippen LogP contribution in [0, 0.1) is 25.2 Å². The number of rotatable bonds is 2. The summed E-state index contributed by atoms with van der Waals surface area (Å²) in [5.74, 6) is 0. The second-order valence-electron chi connectivity index (χ2n) is 5.04. The van der Waals surface area contributed by atoms with Crippen LogP contribution in [0.5, 0.6) is 0 Å². The zero-order valence-electron chi connectivity index (χ0n) is 12.0. The van der Waals surface area contributed by atoms with Crippen LogP contribution in [0.25, 0.3) is 16.9 Å². The molecule has 1 heterocycles. The molecule has 3 heteroatoms. The van der Waals surface area contributed by atoms with E-state index < -0.39 is 0 Å². The van der Waals surface area contributed by atoms with Gasteiger partial charge < -0.3 is 0 Å². The summed E-state index contributed by atoms with van der Waals surface area (Å²) in [4.78, 5) is 0. The Labute approximate surface area is 124 Å². The van der Waals surface area contributed by atoms with Crippen LogP contribution in [0.15, 0.2) is 54.6 Å². The maximum atomic E-state index is 9.18. The lowest BCUT2D eigenvalue weighted by Gasteiger charge is -2.12. The van der Waals surface area contributed by atoms with Crippen LogP contribution in [0.2, 0.25) is 0 Å². The summed E-state index contributed by atoms with van der Waals surface area (Å²) in [7, 11) is 0. The smallest absolute Gasteiger partial charge is 0.163 e. The molecule has 1 aromatic heterocycles. The number of aryl methyl sites for hydroxylation is 2. The zero-order chi connectivity index (χ0) is 14.8. The zero-order valence-corrected chi connectivity index (χ0v) is 12.0. The average Bonchev–Trinajstić information content (AvgIpc) is 2.92. The predicted molar refractivity (Wildman–Crippen MR) is 83.2 cm³/mol. The molecule has 0 atom stereocenters. The van der Waals surface area contributed by atoms with Crippen molar-refractivity contribution in [2.75, 3.05) is 0 Å². The van der Waals surface area contributed by atoms with Crippen LogP contribution < -0.4 is 0 Å². The first-order valence-corrected chi connectivity index (χ1v) is 6.83. The van der Waals surface area contributed by atoms with Crippen LogP contribution in [-0.2, 0) is 0 Å². The Morgan fingerprint density at radius 2 is 1.62 bits per heavy atom. The van der Waals surface area contributed by atoms with E-state index in [9.17, 15) is 5.26 Å². The molecule has 0 amide bonds. The molecule has 0 fully saturated rings. The normalized spacial score (nSPS) is 10.3. The van der Waals surface area contributed by atoms with Crippen LogP contribution in [0.4, 0.5) is 0 Å². The van der Waals surface area contributed by atoms with Crippen molar-refractivity contribution in [2.45, 2.75) is 13.8 Å². The lowest BCUT2D eigenvalue weighted by Crippen LogP contribution is -2.01. The van der Waals surface area contributed by atoms with E-state index in [-0.39, 0.29) is 0 Å². The Morgan fingerprint density at radius 1 is 0.952 bits per heavy atom.